The molecule has 106 valence electrons. The first-order valence-corrected chi connectivity index (χ1v) is 5.86. The van der Waals surface area contributed by atoms with E-state index in [9.17, 15) is 9.59 Å². The summed E-state index contributed by atoms with van der Waals surface area (Å²) in [7, 11) is 0. The van der Waals surface area contributed by atoms with Crippen LogP contribution in [0, 0.1) is 5.92 Å². The topological polar surface area (TPSA) is 98.2 Å². The summed E-state index contributed by atoms with van der Waals surface area (Å²) in [6.45, 7) is 3.71. The molecule has 0 aliphatic rings. The number of rotatable bonds is 4. The molecular weight excluding hydrogens is 289 g/mol. The van der Waals surface area contributed by atoms with Crippen molar-refractivity contribution in [2.75, 3.05) is 5.32 Å². The van der Waals surface area contributed by atoms with Crippen LogP contribution in [0.5, 0.6) is 0 Å². The van der Waals surface area contributed by atoms with Gasteiger partial charge in [-0.2, -0.15) is 0 Å². The van der Waals surface area contributed by atoms with E-state index in [2.05, 4.69) is 5.32 Å². The van der Waals surface area contributed by atoms with Gasteiger partial charge < -0.3 is 16.8 Å². The van der Waals surface area contributed by atoms with Gasteiger partial charge in [-0.15, -0.1) is 12.4 Å². The highest BCUT2D eigenvalue weighted by atomic mass is 35.5. The first kappa shape index (κ1) is 17.7. The number of amides is 2. The number of hydrogen-bond acceptors (Lipinski definition) is 3. The fraction of sp³-hybridized carbons (Fsp3) is 0.333. The van der Waals surface area contributed by atoms with E-state index in [0.717, 1.165) is 0 Å². The Bertz CT molecular complexity index is 478. The van der Waals surface area contributed by atoms with E-state index in [0.29, 0.717) is 5.69 Å². The van der Waals surface area contributed by atoms with Crippen molar-refractivity contribution in [1.29, 1.82) is 0 Å². The molecule has 0 aliphatic heterocycles. The maximum absolute atomic E-state index is 11.7. The van der Waals surface area contributed by atoms with Gasteiger partial charge in [-0.25, -0.2) is 0 Å². The summed E-state index contributed by atoms with van der Waals surface area (Å²) in [5.41, 5.74) is 11.5. The van der Waals surface area contributed by atoms with Gasteiger partial charge in [0, 0.05) is 5.69 Å². The van der Waals surface area contributed by atoms with E-state index >= 15 is 0 Å². The molecule has 5 N–H and O–H groups in total. The number of primary amides is 1. The molecule has 0 heterocycles. The Hall–Kier alpha value is -1.30. The minimum atomic E-state index is -0.614. The van der Waals surface area contributed by atoms with Gasteiger partial charge >= 0.3 is 0 Å². The number of hydrogen-bond donors (Lipinski definition) is 3. The normalized spacial score (nSPS) is 11.6. The van der Waals surface area contributed by atoms with Gasteiger partial charge in [-0.05, 0) is 24.1 Å². The predicted octanol–water partition coefficient (Wildman–Crippen LogP) is 1.78. The number of anilines is 1. The summed E-state index contributed by atoms with van der Waals surface area (Å²) in [5, 5.41) is 2.82. The average Bonchev–Trinajstić information content (AvgIpc) is 2.27. The largest absolute Gasteiger partial charge is 0.366 e. The number of halogens is 2. The molecular formula is C12H17Cl2N3O2. The Morgan fingerprint density at radius 1 is 1.32 bits per heavy atom. The van der Waals surface area contributed by atoms with Crippen molar-refractivity contribution in [2.45, 2.75) is 19.9 Å². The van der Waals surface area contributed by atoms with Crippen LogP contribution < -0.4 is 16.8 Å². The summed E-state index contributed by atoms with van der Waals surface area (Å²) in [5.74, 6) is -0.880. The van der Waals surface area contributed by atoms with Gasteiger partial charge in [-0.1, -0.05) is 25.4 Å². The van der Waals surface area contributed by atoms with Crippen LogP contribution >= 0.6 is 24.0 Å². The van der Waals surface area contributed by atoms with E-state index in [4.69, 9.17) is 23.1 Å². The molecule has 0 bridgehead atoms. The van der Waals surface area contributed by atoms with E-state index in [1.54, 1.807) is 6.07 Å². The Morgan fingerprint density at radius 3 is 2.32 bits per heavy atom. The van der Waals surface area contributed by atoms with Crippen LogP contribution in [-0.2, 0) is 4.79 Å². The van der Waals surface area contributed by atoms with E-state index in [1.807, 2.05) is 13.8 Å². The van der Waals surface area contributed by atoms with Crippen molar-refractivity contribution in [3.05, 3.63) is 28.8 Å². The van der Waals surface area contributed by atoms with E-state index in [-0.39, 0.29) is 34.8 Å². The molecule has 0 saturated heterocycles. The predicted molar refractivity (Wildman–Crippen MR) is 78.7 cm³/mol. The zero-order valence-electron chi connectivity index (χ0n) is 10.6. The van der Waals surface area contributed by atoms with Crippen molar-refractivity contribution in [3.63, 3.8) is 0 Å². The molecule has 1 aromatic rings. The third-order valence-electron chi connectivity index (χ3n) is 2.52. The Balaban J connectivity index is 0.00000324. The molecule has 0 fully saturated rings. The summed E-state index contributed by atoms with van der Waals surface area (Å²) in [6, 6.07) is 3.88. The lowest BCUT2D eigenvalue weighted by molar-refractivity contribution is -0.118. The second-order valence-electron chi connectivity index (χ2n) is 4.32. The Labute approximate surface area is 123 Å². The SMILES string of the molecule is CC(C)C(N)C(=O)Nc1ccc(C(N)=O)c(Cl)c1.Cl. The zero-order valence-corrected chi connectivity index (χ0v) is 12.2. The van der Waals surface area contributed by atoms with E-state index < -0.39 is 11.9 Å². The molecule has 0 saturated carbocycles. The molecule has 1 unspecified atom stereocenters. The third-order valence-corrected chi connectivity index (χ3v) is 2.84. The molecule has 5 nitrogen and oxygen atoms in total. The van der Waals surface area contributed by atoms with Crippen molar-refractivity contribution >= 4 is 41.5 Å². The van der Waals surface area contributed by atoms with Crippen LogP contribution in [0.3, 0.4) is 0 Å². The van der Waals surface area contributed by atoms with Gasteiger partial charge in [0.2, 0.25) is 11.8 Å². The van der Waals surface area contributed by atoms with Crippen LogP contribution in [0.25, 0.3) is 0 Å². The van der Waals surface area contributed by atoms with E-state index in [1.165, 1.54) is 12.1 Å². The zero-order chi connectivity index (χ0) is 13.9. The lowest BCUT2D eigenvalue weighted by Gasteiger charge is -2.15. The molecule has 2 amide bonds. The van der Waals surface area contributed by atoms with Crippen LogP contribution in [0.4, 0.5) is 5.69 Å². The van der Waals surface area contributed by atoms with Gasteiger partial charge in [0.05, 0.1) is 16.6 Å². The average molecular weight is 306 g/mol. The molecule has 1 rings (SSSR count). The minimum absolute atomic E-state index is 0. The van der Waals surface area contributed by atoms with Crippen LogP contribution in [0.15, 0.2) is 18.2 Å². The van der Waals surface area contributed by atoms with Crippen LogP contribution in [0.1, 0.15) is 24.2 Å². The molecule has 0 aromatic heterocycles. The molecule has 0 radical (unpaired) electrons. The van der Waals surface area contributed by atoms with Crippen molar-refractivity contribution in [3.8, 4) is 0 Å². The maximum atomic E-state index is 11.7. The number of benzene rings is 1. The highest BCUT2D eigenvalue weighted by molar-refractivity contribution is 6.34. The minimum Gasteiger partial charge on any atom is -0.366 e. The van der Waals surface area contributed by atoms with Crippen molar-refractivity contribution < 1.29 is 9.59 Å². The summed E-state index contributed by atoms with van der Waals surface area (Å²) < 4.78 is 0. The fourth-order valence-electron chi connectivity index (χ4n) is 1.32. The van der Waals surface area contributed by atoms with Gasteiger partial charge in [0.15, 0.2) is 0 Å². The molecule has 19 heavy (non-hydrogen) atoms. The summed E-state index contributed by atoms with van der Waals surface area (Å²) in [4.78, 5) is 22.7. The lowest BCUT2D eigenvalue weighted by Crippen LogP contribution is -2.39. The van der Waals surface area contributed by atoms with Gasteiger partial charge in [0.1, 0.15) is 0 Å². The second kappa shape index (κ2) is 7.33. The molecule has 1 aromatic carbocycles. The number of nitrogens with one attached hydrogen (secondary N) is 1. The molecule has 0 aliphatic carbocycles. The van der Waals surface area contributed by atoms with Crippen molar-refractivity contribution in [1.82, 2.24) is 0 Å². The first-order valence-electron chi connectivity index (χ1n) is 5.48. The summed E-state index contributed by atoms with van der Waals surface area (Å²) >= 11 is 5.87. The number of carbonyl (C=O) groups is 2. The van der Waals surface area contributed by atoms with Crippen LogP contribution in [0.2, 0.25) is 5.02 Å². The standard InChI is InChI=1S/C12H16ClN3O2.ClH/c1-6(2)10(14)12(18)16-7-3-4-8(11(15)17)9(13)5-7;/h3-6,10H,14H2,1-2H3,(H2,15,17)(H,16,18);1H. The highest BCUT2D eigenvalue weighted by Gasteiger charge is 2.17. The molecule has 7 heteroatoms. The number of carbonyl (C=O) groups excluding carboxylic acids is 2. The smallest absolute Gasteiger partial charge is 0.250 e. The van der Waals surface area contributed by atoms with Crippen molar-refractivity contribution in [2.24, 2.45) is 17.4 Å². The van der Waals surface area contributed by atoms with Crippen LogP contribution in [-0.4, -0.2) is 17.9 Å². The Morgan fingerprint density at radius 2 is 1.89 bits per heavy atom. The van der Waals surface area contributed by atoms with Gasteiger partial charge in [0.25, 0.3) is 0 Å². The first-order chi connectivity index (χ1) is 8.32. The highest BCUT2D eigenvalue weighted by Crippen LogP contribution is 2.20. The maximum Gasteiger partial charge on any atom is 0.250 e. The molecule has 1 atom stereocenters. The van der Waals surface area contributed by atoms with Gasteiger partial charge in [-0.3, -0.25) is 9.59 Å². The number of nitrogens with two attached hydrogens (primary N) is 2. The molecule has 0 spiro atoms. The second-order valence-corrected chi connectivity index (χ2v) is 4.73. The third kappa shape index (κ3) is 4.70. The Kier molecular flexibility index (Phi) is 6.83. The lowest BCUT2D eigenvalue weighted by atomic mass is 10.0. The quantitative estimate of drug-likeness (QED) is 0.790. The fourth-order valence-corrected chi connectivity index (χ4v) is 1.59. The monoisotopic (exact) mass is 305 g/mol. The summed E-state index contributed by atoms with van der Waals surface area (Å²) in [6.07, 6.45) is 0.